The predicted molar refractivity (Wildman–Crippen MR) is 74.8 cm³/mol. The van der Waals surface area contributed by atoms with Crippen LogP contribution in [0.5, 0.6) is 0 Å². The van der Waals surface area contributed by atoms with Crippen molar-refractivity contribution in [3.05, 3.63) is 0 Å². The summed E-state index contributed by atoms with van der Waals surface area (Å²) in [7, 11) is 0. The van der Waals surface area contributed by atoms with E-state index in [2.05, 4.69) is 20.8 Å². The third-order valence-corrected chi connectivity index (χ3v) is 4.63. The molecule has 1 aliphatic carbocycles. The van der Waals surface area contributed by atoms with Gasteiger partial charge in [0.1, 0.15) is 5.78 Å². The Bertz CT molecular complexity index is 325. The van der Waals surface area contributed by atoms with Crippen LogP contribution in [-0.4, -0.2) is 24.8 Å². The summed E-state index contributed by atoms with van der Waals surface area (Å²) in [5, 5.41) is 0. The van der Waals surface area contributed by atoms with E-state index < -0.39 is 5.79 Å². The fourth-order valence-electron chi connectivity index (χ4n) is 3.09. The average molecular weight is 268 g/mol. The largest absolute Gasteiger partial charge is 0.350 e. The molecule has 2 aliphatic rings. The van der Waals surface area contributed by atoms with E-state index in [1.807, 2.05) is 6.92 Å². The lowest BCUT2D eigenvalue weighted by Gasteiger charge is -2.42. The third-order valence-electron chi connectivity index (χ3n) is 4.63. The van der Waals surface area contributed by atoms with Crippen LogP contribution < -0.4 is 0 Å². The fraction of sp³-hybridized carbons (Fsp3) is 0.938. The van der Waals surface area contributed by atoms with Gasteiger partial charge in [0, 0.05) is 24.2 Å². The first-order valence-electron chi connectivity index (χ1n) is 7.62. The van der Waals surface area contributed by atoms with E-state index in [-0.39, 0.29) is 11.3 Å². The quantitative estimate of drug-likeness (QED) is 0.785. The highest BCUT2D eigenvalue weighted by Crippen LogP contribution is 2.36. The SMILES string of the molecule is C[C@H]1CCCC(=O)C1CCC1(C)OCC(C)(C)CO1. The Hall–Kier alpha value is -0.410. The van der Waals surface area contributed by atoms with E-state index in [9.17, 15) is 4.79 Å². The van der Waals surface area contributed by atoms with Crippen molar-refractivity contribution in [3.8, 4) is 0 Å². The molecule has 0 radical (unpaired) electrons. The molecule has 0 aromatic heterocycles. The fourth-order valence-corrected chi connectivity index (χ4v) is 3.09. The molecule has 0 N–H and O–H groups in total. The van der Waals surface area contributed by atoms with Gasteiger partial charge < -0.3 is 9.47 Å². The molecule has 0 aromatic carbocycles. The molecular formula is C16H28O3. The number of hydrogen-bond donors (Lipinski definition) is 0. The van der Waals surface area contributed by atoms with Crippen molar-refractivity contribution in [2.24, 2.45) is 17.3 Å². The Morgan fingerprint density at radius 1 is 1.21 bits per heavy atom. The number of Topliss-reactive ketones (excluding diaryl/α,β-unsaturated/α-hetero) is 1. The molecule has 3 heteroatoms. The number of ketones is 1. The van der Waals surface area contributed by atoms with Crippen molar-refractivity contribution in [1.82, 2.24) is 0 Å². The van der Waals surface area contributed by atoms with Gasteiger partial charge >= 0.3 is 0 Å². The normalized spacial score (nSPS) is 34.2. The summed E-state index contributed by atoms with van der Waals surface area (Å²) >= 11 is 0. The van der Waals surface area contributed by atoms with Crippen molar-refractivity contribution in [3.63, 3.8) is 0 Å². The maximum absolute atomic E-state index is 12.0. The lowest BCUT2D eigenvalue weighted by Crippen LogP contribution is -2.46. The lowest BCUT2D eigenvalue weighted by atomic mass is 9.76. The Labute approximate surface area is 117 Å². The zero-order chi connectivity index (χ0) is 14.1. The first-order chi connectivity index (χ1) is 8.81. The molecule has 2 rings (SSSR count). The zero-order valence-corrected chi connectivity index (χ0v) is 12.8. The summed E-state index contributed by atoms with van der Waals surface area (Å²) in [5.74, 6) is 0.684. The minimum Gasteiger partial charge on any atom is -0.350 e. The number of ether oxygens (including phenoxy) is 2. The van der Waals surface area contributed by atoms with E-state index in [0.717, 1.165) is 38.9 Å². The second kappa shape index (κ2) is 5.53. The Morgan fingerprint density at radius 3 is 2.42 bits per heavy atom. The van der Waals surface area contributed by atoms with Crippen LogP contribution in [0.15, 0.2) is 0 Å². The standard InChI is InChI=1S/C16H28O3/c1-12-6-5-7-14(17)13(12)8-9-16(4)18-10-15(2,3)11-19-16/h12-13H,5-11H2,1-4H3/t12-,13?/m0/s1. The Morgan fingerprint density at radius 2 is 1.84 bits per heavy atom. The molecule has 3 nitrogen and oxygen atoms in total. The van der Waals surface area contributed by atoms with Crippen molar-refractivity contribution in [2.75, 3.05) is 13.2 Å². The minimum absolute atomic E-state index is 0.105. The molecule has 1 aliphatic heterocycles. The first-order valence-corrected chi connectivity index (χ1v) is 7.62. The van der Waals surface area contributed by atoms with E-state index in [4.69, 9.17) is 9.47 Å². The van der Waals surface area contributed by atoms with Crippen LogP contribution in [0.25, 0.3) is 0 Å². The molecule has 0 spiro atoms. The van der Waals surface area contributed by atoms with Crippen LogP contribution in [0.1, 0.15) is 59.8 Å². The van der Waals surface area contributed by atoms with Crippen LogP contribution >= 0.6 is 0 Å². The maximum atomic E-state index is 12.0. The van der Waals surface area contributed by atoms with Gasteiger partial charge in [-0.3, -0.25) is 4.79 Å². The number of carbonyl (C=O) groups is 1. The van der Waals surface area contributed by atoms with Crippen LogP contribution in [0, 0.1) is 17.3 Å². The first kappa shape index (κ1) is 15.0. The average Bonchev–Trinajstić information content (AvgIpc) is 2.33. The second-order valence-corrected chi connectivity index (χ2v) is 7.36. The van der Waals surface area contributed by atoms with Gasteiger partial charge in [0.05, 0.1) is 13.2 Å². The van der Waals surface area contributed by atoms with Crippen molar-refractivity contribution in [2.45, 2.75) is 65.6 Å². The molecular weight excluding hydrogens is 240 g/mol. The lowest BCUT2D eigenvalue weighted by molar-refractivity contribution is -0.293. The molecule has 1 heterocycles. The van der Waals surface area contributed by atoms with E-state index in [1.54, 1.807) is 0 Å². The summed E-state index contributed by atoms with van der Waals surface area (Å²) in [6.45, 7) is 9.99. The smallest absolute Gasteiger partial charge is 0.165 e. The number of rotatable bonds is 3. The third kappa shape index (κ3) is 3.79. The van der Waals surface area contributed by atoms with E-state index >= 15 is 0 Å². The molecule has 1 saturated heterocycles. The summed E-state index contributed by atoms with van der Waals surface area (Å²) in [6, 6.07) is 0. The van der Waals surface area contributed by atoms with Crippen molar-refractivity contribution < 1.29 is 14.3 Å². The predicted octanol–water partition coefficient (Wildman–Crippen LogP) is 3.56. The van der Waals surface area contributed by atoms with E-state index in [0.29, 0.717) is 11.7 Å². The molecule has 0 bridgehead atoms. The zero-order valence-electron chi connectivity index (χ0n) is 12.8. The second-order valence-electron chi connectivity index (χ2n) is 7.36. The Balaban J connectivity index is 1.86. The maximum Gasteiger partial charge on any atom is 0.165 e. The van der Waals surface area contributed by atoms with Crippen LogP contribution in [0.2, 0.25) is 0 Å². The molecule has 2 atom stereocenters. The Kier molecular flexibility index (Phi) is 4.36. The number of hydrogen-bond acceptors (Lipinski definition) is 3. The highest BCUT2D eigenvalue weighted by Gasteiger charge is 2.38. The molecule has 2 fully saturated rings. The monoisotopic (exact) mass is 268 g/mol. The van der Waals surface area contributed by atoms with Crippen LogP contribution in [0.4, 0.5) is 0 Å². The van der Waals surface area contributed by atoms with Gasteiger partial charge in [0.15, 0.2) is 5.79 Å². The van der Waals surface area contributed by atoms with Crippen molar-refractivity contribution in [1.29, 1.82) is 0 Å². The topological polar surface area (TPSA) is 35.5 Å². The van der Waals surface area contributed by atoms with E-state index in [1.165, 1.54) is 6.42 Å². The number of carbonyl (C=O) groups excluding carboxylic acids is 1. The van der Waals surface area contributed by atoms with Gasteiger partial charge in [-0.15, -0.1) is 0 Å². The van der Waals surface area contributed by atoms with Gasteiger partial charge in [0.25, 0.3) is 0 Å². The highest BCUT2D eigenvalue weighted by atomic mass is 16.7. The van der Waals surface area contributed by atoms with Gasteiger partial charge in [-0.2, -0.15) is 0 Å². The molecule has 1 saturated carbocycles. The van der Waals surface area contributed by atoms with Gasteiger partial charge in [-0.05, 0) is 32.1 Å². The van der Waals surface area contributed by atoms with Gasteiger partial charge in [-0.25, -0.2) is 0 Å². The highest BCUT2D eigenvalue weighted by molar-refractivity contribution is 5.81. The van der Waals surface area contributed by atoms with Gasteiger partial charge in [-0.1, -0.05) is 20.8 Å². The summed E-state index contributed by atoms with van der Waals surface area (Å²) in [4.78, 5) is 12.0. The van der Waals surface area contributed by atoms with Crippen LogP contribution in [-0.2, 0) is 14.3 Å². The minimum atomic E-state index is -0.493. The molecule has 0 amide bonds. The molecule has 0 aromatic rings. The summed E-state index contributed by atoms with van der Waals surface area (Å²) in [6.07, 6.45) is 4.73. The summed E-state index contributed by atoms with van der Waals surface area (Å²) in [5.41, 5.74) is 0.105. The van der Waals surface area contributed by atoms with Crippen molar-refractivity contribution >= 4 is 5.78 Å². The summed E-state index contributed by atoms with van der Waals surface area (Å²) < 4.78 is 11.8. The van der Waals surface area contributed by atoms with Crippen LogP contribution in [0.3, 0.4) is 0 Å². The molecule has 19 heavy (non-hydrogen) atoms. The molecule has 110 valence electrons. The van der Waals surface area contributed by atoms with Gasteiger partial charge in [0.2, 0.25) is 0 Å². The molecule has 1 unspecified atom stereocenters.